The number of carbonyl (C=O) groups excluding carboxylic acids is 5. The molecular weight excluding hydrogens is 845 g/mol. The van der Waals surface area contributed by atoms with E-state index in [4.69, 9.17) is 28.4 Å². The highest BCUT2D eigenvalue weighted by Crippen LogP contribution is 2.66. The minimum absolute atomic E-state index is 0. The monoisotopic (exact) mass is 939 g/mol. The first-order valence-corrected chi connectivity index (χ1v) is 22.9. The summed E-state index contributed by atoms with van der Waals surface area (Å²) in [6, 6.07) is 0. The SMILES string of the molecule is C.C.C.C.C.C.CCC(C)(CC(C)(CC(C)(C)C(=O)OC1(C)CC(=O)OC1(C)C)C(=O)OC12CC3CC(CC(O)(C3)C1)C2)C(=O)OC12CC3CC(O)(C1)CC(C(=O)OC1CCCCO1)(C3)C2. The summed E-state index contributed by atoms with van der Waals surface area (Å²) in [5, 5.41) is 23.5. The summed E-state index contributed by atoms with van der Waals surface area (Å²) in [6.07, 6.45) is 8.28. The third-order valence-electron chi connectivity index (χ3n) is 16.8. The van der Waals surface area contributed by atoms with Crippen molar-refractivity contribution in [3.05, 3.63) is 0 Å². The molecule has 8 bridgehead atoms. The Kier molecular flexibility index (Phi) is 17.3. The number of esters is 5. The van der Waals surface area contributed by atoms with E-state index < -0.39 is 91.4 Å². The first-order valence-electron chi connectivity index (χ1n) is 22.9. The zero-order valence-corrected chi connectivity index (χ0v) is 37.3. The van der Waals surface area contributed by atoms with Crippen LogP contribution in [0.25, 0.3) is 0 Å². The van der Waals surface area contributed by atoms with Crippen molar-refractivity contribution in [1.82, 2.24) is 0 Å². The number of rotatable bonds is 13. The van der Waals surface area contributed by atoms with Crippen molar-refractivity contribution in [3.63, 3.8) is 0 Å². The molecule has 13 nitrogen and oxygen atoms in total. The zero-order valence-electron chi connectivity index (χ0n) is 37.3. The Morgan fingerprint density at radius 2 is 1.23 bits per heavy atom. The Balaban J connectivity index is 0.00000249. The average molecular weight is 939 g/mol. The Labute approximate surface area is 399 Å². The van der Waals surface area contributed by atoms with E-state index in [0.717, 1.165) is 19.3 Å². The lowest BCUT2D eigenvalue weighted by molar-refractivity contribution is -0.259. The lowest BCUT2D eigenvalue weighted by Gasteiger charge is -2.63. The number of hydrogen-bond donors (Lipinski definition) is 2. The van der Waals surface area contributed by atoms with Crippen LogP contribution in [0.5, 0.6) is 0 Å². The average Bonchev–Trinajstić information content (AvgIpc) is 3.29. The Hall–Kier alpha value is -2.77. The molecule has 0 aromatic carbocycles. The van der Waals surface area contributed by atoms with Crippen LogP contribution in [0.3, 0.4) is 0 Å². The molecule has 66 heavy (non-hydrogen) atoms. The van der Waals surface area contributed by atoms with Gasteiger partial charge in [0.1, 0.15) is 16.8 Å². The van der Waals surface area contributed by atoms with Gasteiger partial charge in [-0.3, -0.25) is 24.0 Å². The van der Waals surface area contributed by atoms with Crippen LogP contribution in [-0.2, 0) is 52.4 Å². The molecule has 0 radical (unpaired) electrons. The highest BCUT2D eigenvalue weighted by atomic mass is 16.7. The normalized spacial score (nSPS) is 39.2. The molecule has 2 aliphatic heterocycles. The van der Waals surface area contributed by atoms with Gasteiger partial charge in [-0.25, -0.2) is 0 Å². The van der Waals surface area contributed by atoms with Crippen molar-refractivity contribution < 1.29 is 62.6 Å². The van der Waals surface area contributed by atoms with E-state index in [9.17, 15) is 29.4 Å². The van der Waals surface area contributed by atoms with Crippen LogP contribution < -0.4 is 0 Å². The molecule has 2 heterocycles. The van der Waals surface area contributed by atoms with Gasteiger partial charge in [0.15, 0.2) is 5.60 Å². The fourth-order valence-corrected chi connectivity index (χ4v) is 14.5. The molecule has 13 heteroatoms. The third-order valence-corrected chi connectivity index (χ3v) is 16.8. The minimum Gasteiger partial charge on any atom is -0.459 e. The van der Waals surface area contributed by atoms with Crippen LogP contribution in [0.2, 0.25) is 0 Å². The minimum atomic E-state index is -1.43. The first-order chi connectivity index (χ1) is 27.7. The van der Waals surface area contributed by atoms with E-state index in [1.807, 2.05) is 6.92 Å². The molecule has 384 valence electrons. The van der Waals surface area contributed by atoms with Gasteiger partial charge < -0.3 is 38.6 Å². The summed E-state index contributed by atoms with van der Waals surface area (Å²) in [4.78, 5) is 70.7. The van der Waals surface area contributed by atoms with Crippen LogP contribution in [0, 0.1) is 39.4 Å². The third kappa shape index (κ3) is 10.5. The van der Waals surface area contributed by atoms with E-state index in [1.165, 1.54) is 0 Å². The molecular formula is C53H94O13. The number of cyclic esters (lactones) is 1. The molecule has 10 fully saturated rings. The van der Waals surface area contributed by atoms with Gasteiger partial charge in [-0.15, -0.1) is 0 Å². The summed E-state index contributed by atoms with van der Waals surface area (Å²) in [6.45, 7) is 14.4. The van der Waals surface area contributed by atoms with Crippen molar-refractivity contribution in [1.29, 1.82) is 0 Å². The van der Waals surface area contributed by atoms with Gasteiger partial charge in [0.2, 0.25) is 6.29 Å². The maximum Gasteiger partial charge on any atom is 0.314 e. The quantitative estimate of drug-likeness (QED) is 0.132. The van der Waals surface area contributed by atoms with Crippen molar-refractivity contribution in [2.45, 2.75) is 262 Å². The second-order valence-corrected chi connectivity index (χ2v) is 23.5. The van der Waals surface area contributed by atoms with Crippen molar-refractivity contribution in [2.24, 2.45) is 39.4 Å². The van der Waals surface area contributed by atoms with E-state index in [-0.39, 0.29) is 107 Å². The highest BCUT2D eigenvalue weighted by molar-refractivity contribution is 5.84. The fraction of sp³-hybridized carbons (Fsp3) is 0.906. The topological polar surface area (TPSA) is 181 Å². The molecule has 2 saturated heterocycles. The van der Waals surface area contributed by atoms with Crippen molar-refractivity contribution in [2.75, 3.05) is 6.61 Å². The van der Waals surface area contributed by atoms with Gasteiger partial charge in [-0.05, 0) is 156 Å². The number of carbonyl (C=O) groups is 5. The molecule has 8 saturated carbocycles. The molecule has 0 spiro atoms. The summed E-state index contributed by atoms with van der Waals surface area (Å²) < 4.78 is 36.7. The van der Waals surface area contributed by atoms with E-state index in [2.05, 4.69) is 0 Å². The second kappa shape index (κ2) is 19.2. The molecule has 0 aromatic rings. The molecule has 10 aliphatic rings. The smallest absolute Gasteiger partial charge is 0.314 e. The molecule has 10 rings (SSSR count). The standard InChI is InChI=1S/C47H70O13.6CH4/c1-9-40(6,35(50)60-47-21-31-15-43(26-47,25-45(54,18-31)28-47)37(52)56-33-12-10-11-13-55-33)24-41(7,23-38(2,3)34(49)58-42(8)22-32(48)57-39(42,4)5)36(51)59-46-19-29-14-30(20-46)17-44(53,16-29)27-46;;;;;;/h29-31,33,53-54H,9-28H2,1-8H3;6*1H4. The fourth-order valence-electron chi connectivity index (χ4n) is 14.5. The summed E-state index contributed by atoms with van der Waals surface area (Å²) in [5.41, 5.74) is -11.4. The van der Waals surface area contributed by atoms with Gasteiger partial charge in [0, 0.05) is 25.7 Å². The van der Waals surface area contributed by atoms with Crippen LogP contribution in [0.15, 0.2) is 0 Å². The summed E-state index contributed by atoms with van der Waals surface area (Å²) in [7, 11) is 0. The van der Waals surface area contributed by atoms with Crippen molar-refractivity contribution >= 4 is 29.8 Å². The van der Waals surface area contributed by atoms with Crippen LogP contribution in [0.1, 0.15) is 222 Å². The molecule has 0 amide bonds. The summed E-state index contributed by atoms with van der Waals surface area (Å²) >= 11 is 0. The predicted octanol–water partition coefficient (Wildman–Crippen LogP) is 10.8. The van der Waals surface area contributed by atoms with Crippen LogP contribution >= 0.6 is 0 Å². The van der Waals surface area contributed by atoms with Crippen LogP contribution in [-0.4, -0.2) is 86.6 Å². The number of aliphatic hydroxyl groups is 2. The number of ether oxygens (including phenoxy) is 6. The van der Waals surface area contributed by atoms with E-state index >= 15 is 4.79 Å². The van der Waals surface area contributed by atoms with Gasteiger partial charge in [0.25, 0.3) is 0 Å². The molecule has 10 unspecified atom stereocenters. The van der Waals surface area contributed by atoms with Crippen molar-refractivity contribution in [3.8, 4) is 0 Å². The molecule has 0 aromatic heterocycles. The zero-order chi connectivity index (χ0) is 43.6. The maximum atomic E-state index is 15.1. The van der Waals surface area contributed by atoms with E-state index in [1.54, 1.807) is 48.5 Å². The van der Waals surface area contributed by atoms with Gasteiger partial charge in [-0.2, -0.15) is 0 Å². The second-order valence-electron chi connectivity index (χ2n) is 23.5. The molecule has 2 N–H and O–H groups in total. The Morgan fingerprint density at radius 1 is 0.667 bits per heavy atom. The predicted molar refractivity (Wildman–Crippen MR) is 255 cm³/mol. The highest BCUT2D eigenvalue weighted by Gasteiger charge is 2.69. The molecule has 10 atom stereocenters. The molecule has 8 aliphatic carbocycles. The Morgan fingerprint density at radius 3 is 1.76 bits per heavy atom. The van der Waals surface area contributed by atoms with Gasteiger partial charge in [-0.1, -0.05) is 51.5 Å². The first kappa shape index (κ1) is 59.4. The van der Waals surface area contributed by atoms with Gasteiger partial charge >= 0.3 is 29.8 Å². The van der Waals surface area contributed by atoms with E-state index in [0.29, 0.717) is 64.4 Å². The van der Waals surface area contributed by atoms with Gasteiger partial charge in [0.05, 0.1) is 45.9 Å². The maximum absolute atomic E-state index is 15.1. The lowest BCUT2D eigenvalue weighted by atomic mass is 9.46. The summed E-state index contributed by atoms with van der Waals surface area (Å²) in [5.74, 6) is -2.09. The lowest BCUT2D eigenvalue weighted by Crippen LogP contribution is -2.67. The Bertz CT molecular complexity index is 1790. The largest absolute Gasteiger partial charge is 0.459 e. The van der Waals surface area contributed by atoms with Crippen LogP contribution in [0.4, 0.5) is 0 Å². The number of hydrogen-bond acceptors (Lipinski definition) is 13.